The number of non-ortho nitro benzene ring substituents is 1. The van der Waals surface area contributed by atoms with Crippen molar-refractivity contribution < 1.29 is 23.6 Å². The van der Waals surface area contributed by atoms with E-state index in [-0.39, 0.29) is 23.5 Å². The minimum absolute atomic E-state index is 0.0600. The van der Waals surface area contributed by atoms with Crippen LogP contribution in [-0.4, -0.2) is 24.5 Å². The first-order valence-corrected chi connectivity index (χ1v) is 8.49. The number of amides is 1. The number of hydrogen-bond acceptors (Lipinski definition) is 5. The van der Waals surface area contributed by atoms with Crippen LogP contribution in [0.4, 0.5) is 10.1 Å². The largest absolute Gasteiger partial charge is 0.494 e. The van der Waals surface area contributed by atoms with Crippen LogP contribution in [0.3, 0.4) is 0 Å². The van der Waals surface area contributed by atoms with Crippen molar-refractivity contribution >= 4 is 11.6 Å². The summed E-state index contributed by atoms with van der Waals surface area (Å²) in [6.45, 7) is 0.534. The maximum Gasteiger partial charge on any atom is 0.270 e. The summed E-state index contributed by atoms with van der Waals surface area (Å²) >= 11 is 0. The Morgan fingerprint density at radius 2 is 2.00 bits per heavy atom. The first-order chi connectivity index (χ1) is 13.0. The first-order valence-electron chi connectivity index (χ1n) is 8.49. The number of halogens is 1. The second kappa shape index (κ2) is 8.03. The number of rotatable bonds is 8. The van der Waals surface area contributed by atoms with Gasteiger partial charge in [0, 0.05) is 18.7 Å². The van der Waals surface area contributed by atoms with Crippen LogP contribution in [0.15, 0.2) is 36.4 Å². The number of carbonyl (C=O) groups excluding carboxylic acids is 1. The fourth-order valence-electron chi connectivity index (χ4n) is 2.52. The summed E-state index contributed by atoms with van der Waals surface area (Å²) in [5, 5.41) is 13.7. The first kappa shape index (κ1) is 18.6. The second-order valence-corrected chi connectivity index (χ2v) is 6.34. The van der Waals surface area contributed by atoms with Gasteiger partial charge in [0.05, 0.1) is 24.2 Å². The molecule has 0 heterocycles. The summed E-state index contributed by atoms with van der Waals surface area (Å²) in [6.07, 6.45) is 2.16. The van der Waals surface area contributed by atoms with Gasteiger partial charge in [-0.3, -0.25) is 14.9 Å². The predicted molar refractivity (Wildman–Crippen MR) is 95.4 cm³/mol. The molecule has 2 aromatic carbocycles. The van der Waals surface area contributed by atoms with Gasteiger partial charge in [0.15, 0.2) is 11.6 Å². The average Bonchev–Trinajstić information content (AvgIpc) is 3.48. The third kappa shape index (κ3) is 4.72. The molecule has 2 aromatic rings. The van der Waals surface area contributed by atoms with E-state index in [1.54, 1.807) is 6.07 Å². The molecule has 0 radical (unpaired) electrons. The fraction of sp³-hybridized carbons (Fsp3) is 0.316. The molecule has 0 unspecified atom stereocenters. The van der Waals surface area contributed by atoms with E-state index in [0.717, 1.165) is 12.8 Å². The van der Waals surface area contributed by atoms with Gasteiger partial charge in [-0.2, -0.15) is 0 Å². The highest BCUT2D eigenvalue weighted by molar-refractivity contribution is 5.97. The number of nitrogens with one attached hydrogen (secondary N) is 1. The Balaban J connectivity index is 1.74. The van der Waals surface area contributed by atoms with Crippen LogP contribution in [0.1, 0.15) is 28.8 Å². The summed E-state index contributed by atoms with van der Waals surface area (Å²) < 4.78 is 24.3. The normalized spacial score (nSPS) is 13.1. The molecule has 1 saturated carbocycles. The van der Waals surface area contributed by atoms with Gasteiger partial charge in [-0.05, 0) is 42.5 Å². The van der Waals surface area contributed by atoms with Crippen molar-refractivity contribution in [2.75, 3.05) is 13.7 Å². The molecule has 7 nitrogen and oxygen atoms in total. The van der Waals surface area contributed by atoms with Gasteiger partial charge >= 0.3 is 0 Å². The van der Waals surface area contributed by atoms with Gasteiger partial charge < -0.3 is 14.8 Å². The Morgan fingerprint density at radius 1 is 1.26 bits per heavy atom. The van der Waals surface area contributed by atoms with Gasteiger partial charge in [-0.15, -0.1) is 0 Å². The summed E-state index contributed by atoms with van der Waals surface area (Å²) in [6, 6.07) is 8.28. The fourth-order valence-corrected chi connectivity index (χ4v) is 2.52. The quantitative estimate of drug-likeness (QED) is 0.564. The topological polar surface area (TPSA) is 90.7 Å². The maximum absolute atomic E-state index is 13.8. The molecular weight excluding hydrogens is 355 g/mol. The molecule has 0 spiro atoms. The molecule has 0 bridgehead atoms. The highest BCUT2D eigenvalue weighted by Gasteiger charge is 2.24. The summed E-state index contributed by atoms with van der Waals surface area (Å²) in [4.78, 5) is 23.0. The van der Waals surface area contributed by atoms with Crippen LogP contribution in [0, 0.1) is 21.8 Å². The van der Waals surface area contributed by atoms with Crippen molar-refractivity contribution in [3.8, 4) is 11.5 Å². The van der Waals surface area contributed by atoms with Gasteiger partial charge in [0.2, 0.25) is 0 Å². The smallest absolute Gasteiger partial charge is 0.270 e. The van der Waals surface area contributed by atoms with E-state index in [0.29, 0.717) is 23.8 Å². The highest BCUT2D eigenvalue weighted by Crippen LogP contribution is 2.31. The Labute approximate surface area is 155 Å². The molecule has 0 aromatic heterocycles. The van der Waals surface area contributed by atoms with E-state index in [2.05, 4.69) is 5.32 Å². The Kier molecular flexibility index (Phi) is 5.54. The number of ether oxygens (including phenoxy) is 2. The van der Waals surface area contributed by atoms with Crippen molar-refractivity contribution in [3.05, 3.63) is 63.5 Å². The molecular formula is C19H19FN2O5. The van der Waals surface area contributed by atoms with Crippen LogP contribution < -0.4 is 14.8 Å². The van der Waals surface area contributed by atoms with E-state index >= 15 is 0 Å². The molecule has 1 aliphatic rings. The number of methoxy groups -OCH3 is 1. The number of nitro groups is 1. The van der Waals surface area contributed by atoms with E-state index in [1.165, 1.54) is 37.4 Å². The van der Waals surface area contributed by atoms with Crippen molar-refractivity contribution in [1.29, 1.82) is 0 Å². The Bertz CT molecular complexity index is 867. The number of nitrogens with zero attached hydrogens (tertiary/aromatic N) is 1. The van der Waals surface area contributed by atoms with E-state index in [4.69, 9.17) is 9.47 Å². The summed E-state index contributed by atoms with van der Waals surface area (Å²) in [5.41, 5.74) is 0.417. The number of nitro benzene ring substituents is 1. The molecule has 0 atom stereocenters. The molecule has 27 heavy (non-hydrogen) atoms. The minimum atomic E-state index is -0.569. The van der Waals surface area contributed by atoms with Crippen molar-refractivity contribution in [1.82, 2.24) is 5.32 Å². The molecule has 1 N–H and O–H groups in total. The van der Waals surface area contributed by atoms with Crippen molar-refractivity contribution in [3.63, 3.8) is 0 Å². The highest BCUT2D eigenvalue weighted by atomic mass is 19.1. The van der Waals surface area contributed by atoms with Gasteiger partial charge in [-0.25, -0.2) is 4.39 Å². The van der Waals surface area contributed by atoms with Gasteiger partial charge in [0.25, 0.3) is 11.6 Å². The van der Waals surface area contributed by atoms with E-state index in [1.807, 2.05) is 0 Å². The lowest BCUT2D eigenvalue weighted by Gasteiger charge is -2.12. The lowest BCUT2D eigenvalue weighted by atomic mass is 10.1. The predicted octanol–water partition coefficient (Wildman–Crippen LogP) is 3.46. The molecule has 142 valence electrons. The van der Waals surface area contributed by atoms with Crippen LogP contribution in [0.25, 0.3) is 0 Å². The zero-order valence-corrected chi connectivity index (χ0v) is 14.7. The Morgan fingerprint density at radius 3 is 2.63 bits per heavy atom. The van der Waals surface area contributed by atoms with Crippen LogP contribution in [0.2, 0.25) is 0 Å². The molecule has 0 aliphatic heterocycles. The van der Waals surface area contributed by atoms with Crippen molar-refractivity contribution in [2.24, 2.45) is 5.92 Å². The second-order valence-electron chi connectivity index (χ2n) is 6.34. The van der Waals surface area contributed by atoms with Crippen molar-refractivity contribution in [2.45, 2.75) is 19.4 Å². The summed E-state index contributed by atoms with van der Waals surface area (Å²) in [7, 11) is 1.37. The lowest BCUT2D eigenvalue weighted by molar-refractivity contribution is -0.384. The molecule has 8 heteroatoms. The third-order valence-electron chi connectivity index (χ3n) is 4.26. The molecule has 0 saturated heterocycles. The molecule has 1 aliphatic carbocycles. The SMILES string of the molecule is COc1ccc(CNC(=O)c2cc([N+](=O)[O-])ccc2OCC2CC2)cc1F. The number of hydrogen-bond donors (Lipinski definition) is 1. The standard InChI is InChI=1S/C19H19FN2O5/c1-26-18-6-4-13(8-16(18)20)10-21-19(23)15-9-14(22(24)25)5-7-17(15)27-11-12-2-3-12/h4-9,12H,2-3,10-11H2,1H3,(H,21,23). The van der Waals surface area contributed by atoms with Crippen LogP contribution in [0.5, 0.6) is 11.5 Å². The zero-order valence-electron chi connectivity index (χ0n) is 14.7. The summed E-state index contributed by atoms with van der Waals surface area (Å²) in [5.74, 6) is -0.183. The average molecular weight is 374 g/mol. The molecule has 1 amide bonds. The third-order valence-corrected chi connectivity index (χ3v) is 4.26. The van der Waals surface area contributed by atoms with Crippen LogP contribution in [-0.2, 0) is 6.54 Å². The van der Waals surface area contributed by atoms with E-state index < -0.39 is 16.6 Å². The lowest BCUT2D eigenvalue weighted by Crippen LogP contribution is -2.24. The monoisotopic (exact) mass is 374 g/mol. The Hall–Kier alpha value is -3.16. The molecule has 1 fully saturated rings. The van der Waals surface area contributed by atoms with Gasteiger partial charge in [-0.1, -0.05) is 6.07 Å². The zero-order chi connectivity index (χ0) is 19.4. The van der Waals surface area contributed by atoms with Gasteiger partial charge in [0.1, 0.15) is 5.75 Å². The van der Waals surface area contributed by atoms with Crippen LogP contribution >= 0.6 is 0 Å². The minimum Gasteiger partial charge on any atom is -0.494 e. The van der Waals surface area contributed by atoms with E-state index in [9.17, 15) is 19.3 Å². The molecule has 3 rings (SSSR count). The number of benzene rings is 2. The maximum atomic E-state index is 13.8. The number of carbonyl (C=O) groups is 1.